The van der Waals surface area contributed by atoms with Gasteiger partial charge in [0.15, 0.2) is 0 Å². The van der Waals surface area contributed by atoms with E-state index in [0.717, 1.165) is 48.0 Å². The lowest BCUT2D eigenvalue weighted by atomic mass is 9.70. The zero-order chi connectivity index (χ0) is 23.6. The second-order valence-electron chi connectivity index (χ2n) is 7.69. The number of amides is 1. The summed E-state index contributed by atoms with van der Waals surface area (Å²) in [4.78, 5) is 24.5. The van der Waals surface area contributed by atoms with Gasteiger partial charge in [-0.3, -0.25) is 4.98 Å². The largest absolute Gasteiger partial charge is 0.490 e. The molecule has 0 fully saturated rings. The average molecular weight is 472 g/mol. The number of hydrogen-bond acceptors (Lipinski definition) is 5. The number of pyridine rings is 1. The lowest BCUT2D eigenvalue weighted by Gasteiger charge is -2.36. The molecule has 0 spiro atoms. The second kappa shape index (κ2) is 9.23. The fourth-order valence-electron chi connectivity index (χ4n) is 4.26. The van der Waals surface area contributed by atoms with E-state index in [1.165, 1.54) is 11.1 Å². The van der Waals surface area contributed by atoms with Crippen molar-refractivity contribution in [1.82, 2.24) is 4.98 Å². The number of primary amides is 1. The van der Waals surface area contributed by atoms with Crippen molar-refractivity contribution in [2.24, 2.45) is 11.7 Å². The zero-order valence-electron chi connectivity index (χ0n) is 16.8. The van der Waals surface area contributed by atoms with Gasteiger partial charge in [0.25, 0.3) is 0 Å². The molecule has 7 nitrogen and oxygen atoms in total. The number of nitrogens with zero attached hydrogens (tertiary/aromatic N) is 1. The molecule has 2 atom stereocenters. The Hall–Kier alpha value is -3.01. The van der Waals surface area contributed by atoms with Crippen LogP contribution in [-0.4, -0.2) is 34.9 Å². The van der Waals surface area contributed by atoms with Gasteiger partial charge in [-0.2, -0.15) is 13.2 Å². The van der Waals surface area contributed by atoms with E-state index in [1.807, 2.05) is 18.2 Å². The fraction of sp³-hybridized carbons (Fsp3) is 0.381. The summed E-state index contributed by atoms with van der Waals surface area (Å²) in [6.45, 7) is 0.331. The normalized spacial score (nSPS) is 19.3. The van der Waals surface area contributed by atoms with Crippen LogP contribution in [0, 0.1) is 5.92 Å². The number of carbonyl (C=O) groups is 2. The first kappa shape index (κ1) is 23.6. The van der Waals surface area contributed by atoms with Gasteiger partial charge >= 0.3 is 18.2 Å². The maximum atomic E-state index is 10.7. The molecule has 0 aliphatic heterocycles. The van der Waals surface area contributed by atoms with Crippen LogP contribution in [0.4, 0.5) is 23.7 Å². The number of aliphatic carboxylic acids is 1. The number of carboxylic acids is 1. The number of anilines is 1. The van der Waals surface area contributed by atoms with E-state index >= 15 is 0 Å². The highest BCUT2D eigenvalue weighted by Gasteiger charge is 2.38. The number of carbonyl (C=O) groups excluding carboxylic acids is 1. The molecule has 1 aromatic carbocycles. The number of ether oxygens (including phenoxy) is 1. The first-order valence-corrected chi connectivity index (χ1v) is 10.1. The SMILES string of the molecule is NC(=O)OCCC1=CC2Cc3nc4cc(Cl)ccc4c(N)c3C(C1)C2.O=C(O)C(F)(F)F. The molecule has 2 aliphatic rings. The molecule has 0 saturated carbocycles. The minimum Gasteiger partial charge on any atom is -0.475 e. The van der Waals surface area contributed by atoms with Crippen molar-refractivity contribution in [3.05, 3.63) is 46.1 Å². The standard InChI is InChI=1S/C19H20ClN3O2.C2HF3O2/c20-13-1-2-14-15(9-13)23-16-8-11-5-10(3-4-25-19(22)24)6-12(7-11)17(16)18(14)21;3-2(4,5)1(6)7/h1-2,5,9,11-12H,3-4,6-8H2,(H2,21,23)(H2,22,24);(H,6,7). The molecule has 0 saturated heterocycles. The Morgan fingerprint density at radius 3 is 2.59 bits per heavy atom. The molecule has 1 aromatic heterocycles. The minimum absolute atomic E-state index is 0.331. The molecule has 4 rings (SSSR count). The van der Waals surface area contributed by atoms with Gasteiger partial charge in [0.2, 0.25) is 0 Å². The minimum atomic E-state index is -5.08. The highest BCUT2D eigenvalue weighted by Crippen LogP contribution is 2.47. The van der Waals surface area contributed by atoms with Crippen LogP contribution in [0.1, 0.15) is 36.4 Å². The first-order chi connectivity index (χ1) is 15.0. The van der Waals surface area contributed by atoms with E-state index in [-0.39, 0.29) is 0 Å². The summed E-state index contributed by atoms with van der Waals surface area (Å²) in [5.74, 6) is -1.93. The summed E-state index contributed by atoms with van der Waals surface area (Å²) in [6, 6.07) is 5.68. The fourth-order valence-corrected chi connectivity index (χ4v) is 4.42. The molecule has 5 N–H and O–H groups in total. The average Bonchev–Trinajstić information content (AvgIpc) is 2.66. The first-order valence-electron chi connectivity index (χ1n) is 9.75. The predicted molar refractivity (Wildman–Crippen MR) is 112 cm³/mol. The number of allylic oxidation sites excluding steroid dienone is 1. The number of halogens is 4. The maximum Gasteiger partial charge on any atom is 0.490 e. The van der Waals surface area contributed by atoms with Crippen LogP contribution in [0.15, 0.2) is 29.8 Å². The molecule has 2 unspecified atom stereocenters. The van der Waals surface area contributed by atoms with Crippen molar-refractivity contribution in [1.29, 1.82) is 0 Å². The van der Waals surface area contributed by atoms with Crippen LogP contribution in [-0.2, 0) is 16.0 Å². The lowest BCUT2D eigenvalue weighted by Crippen LogP contribution is -2.25. The predicted octanol–water partition coefficient (Wildman–Crippen LogP) is 4.57. The van der Waals surface area contributed by atoms with Gasteiger partial charge in [-0.05, 0) is 49.3 Å². The van der Waals surface area contributed by atoms with E-state index in [1.54, 1.807) is 0 Å². The molecular formula is C21H21ClF3N3O4. The number of nitrogens with two attached hydrogens (primary N) is 2. The van der Waals surface area contributed by atoms with Gasteiger partial charge in [0.1, 0.15) is 0 Å². The van der Waals surface area contributed by atoms with Crippen molar-refractivity contribution < 1.29 is 32.6 Å². The summed E-state index contributed by atoms with van der Waals surface area (Å²) in [7, 11) is 0. The molecule has 2 aliphatic carbocycles. The summed E-state index contributed by atoms with van der Waals surface area (Å²) < 4.78 is 36.6. The number of aromatic nitrogens is 1. The topological polar surface area (TPSA) is 129 Å². The van der Waals surface area contributed by atoms with Crippen LogP contribution in [0.2, 0.25) is 5.02 Å². The van der Waals surface area contributed by atoms with Gasteiger partial charge < -0.3 is 21.3 Å². The van der Waals surface area contributed by atoms with Gasteiger partial charge in [-0.1, -0.05) is 23.3 Å². The molecule has 11 heteroatoms. The quantitative estimate of drug-likeness (QED) is 0.562. The van der Waals surface area contributed by atoms with Crippen LogP contribution in [0.5, 0.6) is 0 Å². The third kappa shape index (κ3) is 5.42. The van der Waals surface area contributed by atoms with Crippen molar-refractivity contribution >= 4 is 40.3 Å². The summed E-state index contributed by atoms with van der Waals surface area (Å²) >= 11 is 6.10. The number of nitrogen functional groups attached to an aromatic ring is 1. The van der Waals surface area contributed by atoms with E-state index in [9.17, 15) is 18.0 Å². The highest BCUT2D eigenvalue weighted by molar-refractivity contribution is 6.31. The third-order valence-electron chi connectivity index (χ3n) is 5.45. The van der Waals surface area contributed by atoms with Crippen LogP contribution < -0.4 is 11.5 Å². The molecule has 2 bridgehead atoms. The van der Waals surface area contributed by atoms with Crippen molar-refractivity contribution in [2.45, 2.75) is 37.8 Å². The van der Waals surface area contributed by atoms with Gasteiger partial charge in [0.05, 0.1) is 12.1 Å². The molecule has 172 valence electrons. The molecule has 0 radical (unpaired) electrons. The lowest BCUT2D eigenvalue weighted by molar-refractivity contribution is -0.192. The third-order valence-corrected chi connectivity index (χ3v) is 5.68. The van der Waals surface area contributed by atoms with E-state index in [2.05, 4.69) is 6.08 Å². The Bertz CT molecular complexity index is 1090. The Morgan fingerprint density at radius 2 is 1.97 bits per heavy atom. The number of alkyl halides is 3. The monoisotopic (exact) mass is 471 g/mol. The number of hydrogen-bond donors (Lipinski definition) is 3. The number of benzene rings is 1. The molecular weight excluding hydrogens is 451 g/mol. The Kier molecular flexibility index (Phi) is 6.82. The molecule has 32 heavy (non-hydrogen) atoms. The Balaban J connectivity index is 0.000000360. The summed E-state index contributed by atoms with van der Waals surface area (Å²) in [6.07, 6.45) is 0.138. The van der Waals surface area contributed by atoms with E-state index < -0.39 is 18.2 Å². The van der Waals surface area contributed by atoms with Crippen LogP contribution in [0.3, 0.4) is 0 Å². The number of fused-ring (bicyclic) bond motifs is 5. The van der Waals surface area contributed by atoms with Crippen LogP contribution >= 0.6 is 11.6 Å². The zero-order valence-corrected chi connectivity index (χ0v) is 17.5. The van der Waals surface area contributed by atoms with E-state index in [0.29, 0.717) is 23.5 Å². The number of carboxylic acid groups (broad SMARTS) is 1. The Morgan fingerprint density at radius 1 is 1.28 bits per heavy atom. The smallest absolute Gasteiger partial charge is 0.475 e. The molecule has 2 aromatic rings. The van der Waals surface area contributed by atoms with Gasteiger partial charge in [-0.15, -0.1) is 0 Å². The van der Waals surface area contributed by atoms with Crippen molar-refractivity contribution in [2.75, 3.05) is 12.3 Å². The van der Waals surface area contributed by atoms with Crippen molar-refractivity contribution in [3.8, 4) is 0 Å². The number of rotatable bonds is 3. The van der Waals surface area contributed by atoms with Gasteiger partial charge in [-0.25, -0.2) is 9.59 Å². The van der Waals surface area contributed by atoms with Crippen LogP contribution in [0.25, 0.3) is 10.9 Å². The summed E-state index contributed by atoms with van der Waals surface area (Å²) in [5.41, 5.74) is 16.8. The summed E-state index contributed by atoms with van der Waals surface area (Å²) in [5, 5.41) is 8.77. The molecule has 1 heterocycles. The maximum absolute atomic E-state index is 10.7. The molecule has 1 amide bonds. The Labute approximate surface area is 186 Å². The van der Waals surface area contributed by atoms with Gasteiger partial charge in [0, 0.05) is 33.8 Å². The van der Waals surface area contributed by atoms with E-state index in [4.69, 9.17) is 42.7 Å². The second-order valence-corrected chi connectivity index (χ2v) is 8.13. The van der Waals surface area contributed by atoms with Crippen molar-refractivity contribution in [3.63, 3.8) is 0 Å². The highest BCUT2D eigenvalue weighted by atomic mass is 35.5.